The molecule has 0 bridgehead atoms. The minimum Gasteiger partial charge on any atom is -0.506 e. The van der Waals surface area contributed by atoms with E-state index < -0.39 is 0 Å². The van der Waals surface area contributed by atoms with Crippen molar-refractivity contribution in [2.24, 2.45) is 0 Å². The van der Waals surface area contributed by atoms with Crippen LogP contribution in [-0.4, -0.2) is 34.4 Å². The fourth-order valence-corrected chi connectivity index (χ4v) is 3.03. The highest BCUT2D eigenvalue weighted by Crippen LogP contribution is 2.30. The number of halogens is 1. The van der Waals surface area contributed by atoms with Crippen LogP contribution in [0.4, 0.5) is 0 Å². The molecule has 20 heavy (non-hydrogen) atoms. The van der Waals surface area contributed by atoms with E-state index in [-0.39, 0.29) is 17.0 Å². The molecular formula is C16H16ClNO2. The number of nitrogens with zero attached hydrogens (tertiary/aromatic N) is 1. The van der Waals surface area contributed by atoms with Crippen LogP contribution < -0.4 is 0 Å². The number of aromatic hydroxyl groups is 1. The largest absolute Gasteiger partial charge is 0.506 e. The Morgan fingerprint density at radius 3 is 2.85 bits per heavy atom. The van der Waals surface area contributed by atoms with Gasteiger partial charge in [0.2, 0.25) is 0 Å². The van der Waals surface area contributed by atoms with Crippen molar-refractivity contribution in [1.82, 2.24) is 4.90 Å². The van der Waals surface area contributed by atoms with E-state index in [9.17, 15) is 9.90 Å². The third-order valence-electron chi connectivity index (χ3n) is 3.78. The molecule has 0 radical (unpaired) electrons. The zero-order valence-electron chi connectivity index (χ0n) is 11.1. The Morgan fingerprint density at radius 1 is 1.25 bits per heavy atom. The molecular weight excluding hydrogens is 274 g/mol. The summed E-state index contributed by atoms with van der Waals surface area (Å²) in [5.74, 6) is -0.0802. The average molecular weight is 290 g/mol. The van der Waals surface area contributed by atoms with Crippen molar-refractivity contribution < 1.29 is 9.90 Å². The molecule has 1 aliphatic heterocycles. The molecule has 0 aromatic heterocycles. The molecule has 1 amide bonds. The smallest absolute Gasteiger partial charge is 0.257 e. The van der Waals surface area contributed by atoms with E-state index in [1.165, 1.54) is 0 Å². The Kier molecular flexibility index (Phi) is 3.53. The van der Waals surface area contributed by atoms with Gasteiger partial charge in [-0.1, -0.05) is 30.3 Å². The topological polar surface area (TPSA) is 40.5 Å². The molecule has 1 N–H and O–H groups in total. The summed E-state index contributed by atoms with van der Waals surface area (Å²) in [7, 11) is 0. The van der Waals surface area contributed by atoms with E-state index in [0.29, 0.717) is 24.0 Å². The lowest BCUT2D eigenvalue weighted by Gasteiger charge is -2.30. The van der Waals surface area contributed by atoms with Gasteiger partial charge in [0.1, 0.15) is 5.75 Å². The lowest BCUT2D eigenvalue weighted by atomic mass is 10.0. The monoisotopic (exact) mass is 289 g/mol. The second kappa shape index (κ2) is 5.33. The minimum absolute atomic E-state index is 0.00954. The van der Waals surface area contributed by atoms with E-state index in [1.807, 2.05) is 30.3 Å². The van der Waals surface area contributed by atoms with Crippen molar-refractivity contribution in [3.63, 3.8) is 0 Å². The highest BCUT2D eigenvalue weighted by molar-refractivity contribution is 6.21. The zero-order chi connectivity index (χ0) is 14.1. The molecule has 1 unspecified atom stereocenters. The molecule has 2 aromatic carbocycles. The van der Waals surface area contributed by atoms with Crippen molar-refractivity contribution >= 4 is 28.3 Å². The summed E-state index contributed by atoms with van der Waals surface area (Å²) in [6.07, 6.45) is 1.85. The first-order chi connectivity index (χ1) is 9.66. The molecule has 0 spiro atoms. The summed E-state index contributed by atoms with van der Waals surface area (Å²) >= 11 is 6.12. The number of phenolic OH excluding ortho intramolecular Hbond substituents is 1. The van der Waals surface area contributed by atoms with Crippen molar-refractivity contribution in [2.45, 2.75) is 18.2 Å². The Hall–Kier alpha value is -1.74. The van der Waals surface area contributed by atoms with Gasteiger partial charge in [0.15, 0.2) is 0 Å². The molecule has 1 atom stereocenters. The number of hydrogen-bond donors (Lipinski definition) is 1. The molecule has 1 fully saturated rings. The van der Waals surface area contributed by atoms with Gasteiger partial charge in [0.25, 0.3) is 5.91 Å². The summed E-state index contributed by atoms with van der Waals surface area (Å²) in [6.45, 7) is 1.25. The third-order valence-corrected chi connectivity index (χ3v) is 4.14. The number of rotatable bonds is 1. The minimum atomic E-state index is -0.140. The van der Waals surface area contributed by atoms with Crippen LogP contribution in [0.2, 0.25) is 0 Å². The number of alkyl halides is 1. The van der Waals surface area contributed by atoms with Gasteiger partial charge in [-0.15, -0.1) is 11.6 Å². The number of phenols is 1. The third kappa shape index (κ3) is 2.34. The fraction of sp³-hybridized carbons (Fsp3) is 0.312. The second-order valence-electron chi connectivity index (χ2n) is 5.17. The van der Waals surface area contributed by atoms with Crippen LogP contribution in [0.3, 0.4) is 0 Å². The highest BCUT2D eigenvalue weighted by atomic mass is 35.5. The Labute approximate surface area is 122 Å². The number of amides is 1. The van der Waals surface area contributed by atoms with E-state index >= 15 is 0 Å². The van der Waals surface area contributed by atoms with Gasteiger partial charge >= 0.3 is 0 Å². The van der Waals surface area contributed by atoms with Crippen LogP contribution in [0.15, 0.2) is 36.4 Å². The Morgan fingerprint density at radius 2 is 2.05 bits per heavy atom. The summed E-state index contributed by atoms with van der Waals surface area (Å²) < 4.78 is 0. The zero-order valence-corrected chi connectivity index (χ0v) is 11.8. The van der Waals surface area contributed by atoms with Crippen LogP contribution in [0, 0.1) is 0 Å². The molecule has 4 heteroatoms. The molecule has 1 heterocycles. The highest BCUT2D eigenvalue weighted by Gasteiger charge is 2.25. The van der Waals surface area contributed by atoms with Gasteiger partial charge in [-0.05, 0) is 24.3 Å². The van der Waals surface area contributed by atoms with Gasteiger partial charge in [0, 0.05) is 18.5 Å². The number of hydrogen-bond acceptors (Lipinski definition) is 2. The summed E-state index contributed by atoms with van der Waals surface area (Å²) in [5.41, 5.74) is 0.356. The fourth-order valence-electron chi connectivity index (χ4n) is 2.71. The summed E-state index contributed by atoms with van der Waals surface area (Å²) in [6, 6.07) is 11.1. The molecule has 2 aromatic rings. The first-order valence-electron chi connectivity index (χ1n) is 6.81. The molecule has 1 aliphatic rings. The standard InChI is InChI=1S/C16H16ClNO2/c17-12-5-3-9-18(10-12)16(20)14-8-7-11-4-1-2-6-13(11)15(14)19/h1-2,4,6-8,12,19H,3,5,9-10H2. The van der Waals surface area contributed by atoms with Crippen molar-refractivity contribution in [3.8, 4) is 5.75 Å². The van der Waals surface area contributed by atoms with Crippen LogP contribution in [0.25, 0.3) is 10.8 Å². The number of piperidine rings is 1. The van der Waals surface area contributed by atoms with Crippen LogP contribution in [-0.2, 0) is 0 Å². The Bertz CT molecular complexity index is 656. The molecule has 0 saturated carbocycles. The van der Waals surface area contributed by atoms with Gasteiger partial charge in [-0.2, -0.15) is 0 Å². The van der Waals surface area contributed by atoms with E-state index in [2.05, 4.69) is 0 Å². The second-order valence-corrected chi connectivity index (χ2v) is 5.79. The van der Waals surface area contributed by atoms with Gasteiger partial charge in [0.05, 0.1) is 10.9 Å². The van der Waals surface area contributed by atoms with Crippen molar-refractivity contribution in [3.05, 3.63) is 42.0 Å². The number of carbonyl (C=O) groups excluding carboxylic acids is 1. The molecule has 0 aliphatic carbocycles. The van der Waals surface area contributed by atoms with Crippen LogP contribution in [0.1, 0.15) is 23.2 Å². The maximum atomic E-state index is 12.5. The lowest BCUT2D eigenvalue weighted by molar-refractivity contribution is 0.0724. The van der Waals surface area contributed by atoms with E-state index in [4.69, 9.17) is 11.6 Å². The van der Waals surface area contributed by atoms with E-state index in [1.54, 1.807) is 11.0 Å². The predicted octanol–water partition coefficient (Wildman–Crippen LogP) is 3.39. The SMILES string of the molecule is O=C(c1ccc2ccccc2c1O)N1CCCC(Cl)C1. The van der Waals surface area contributed by atoms with Crippen LogP contribution >= 0.6 is 11.6 Å². The van der Waals surface area contributed by atoms with Gasteiger partial charge in [-0.3, -0.25) is 4.79 Å². The first kappa shape index (κ1) is 13.3. The Balaban J connectivity index is 1.97. The predicted molar refractivity (Wildman–Crippen MR) is 80.4 cm³/mol. The lowest BCUT2D eigenvalue weighted by Crippen LogP contribution is -2.40. The maximum Gasteiger partial charge on any atom is 0.257 e. The van der Waals surface area contributed by atoms with Crippen molar-refractivity contribution in [2.75, 3.05) is 13.1 Å². The molecule has 3 nitrogen and oxygen atoms in total. The number of carbonyl (C=O) groups is 1. The quantitative estimate of drug-likeness (QED) is 0.818. The van der Waals surface area contributed by atoms with Crippen molar-refractivity contribution in [1.29, 1.82) is 0 Å². The van der Waals surface area contributed by atoms with E-state index in [0.717, 1.165) is 18.2 Å². The first-order valence-corrected chi connectivity index (χ1v) is 7.24. The number of benzene rings is 2. The normalized spacial score (nSPS) is 19.2. The number of likely N-dealkylation sites (tertiary alicyclic amines) is 1. The molecule has 104 valence electrons. The average Bonchev–Trinajstić information content (AvgIpc) is 2.47. The summed E-state index contributed by atoms with van der Waals surface area (Å²) in [5, 5.41) is 12.0. The molecule has 3 rings (SSSR count). The van der Waals surface area contributed by atoms with Gasteiger partial charge < -0.3 is 10.0 Å². The maximum absolute atomic E-state index is 12.5. The van der Waals surface area contributed by atoms with Gasteiger partial charge in [-0.25, -0.2) is 0 Å². The summed E-state index contributed by atoms with van der Waals surface area (Å²) in [4.78, 5) is 14.2. The molecule has 1 saturated heterocycles. The number of fused-ring (bicyclic) bond motifs is 1. The van der Waals surface area contributed by atoms with Crippen LogP contribution in [0.5, 0.6) is 5.75 Å².